The summed E-state index contributed by atoms with van der Waals surface area (Å²) in [5.41, 5.74) is 0.324. The number of carbonyl (C=O) groups is 1. The Labute approximate surface area is 176 Å². The van der Waals surface area contributed by atoms with Crippen molar-refractivity contribution >= 4 is 51.6 Å². The Hall–Kier alpha value is -2.92. The molecule has 1 aromatic carbocycles. The van der Waals surface area contributed by atoms with Crippen LogP contribution >= 0.6 is 23.4 Å². The van der Waals surface area contributed by atoms with Crippen LogP contribution < -0.4 is 5.32 Å². The molecule has 0 spiro atoms. The van der Waals surface area contributed by atoms with Gasteiger partial charge in [-0.2, -0.15) is 17.7 Å². The maximum Gasteiger partial charge on any atom is 0.417 e. The van der Waals surface area contributed by atoms with Gasteiger partial charge < -0.3 is 5.32 Å². The van der Waals surface area contributed by atoms with Crippen molar-refractivity contribution in [1.29, 1.82) is 0 Å². The van der Waals surface area contributed by atoms with Crippen LogP contribution in [-0.2, 0) is 11.0 Å². The van der Waals surface area contributed by atoms with Gasteiger partial charge in [0.15, 0.2) is 16.6 Å². The van der Waals surface area contributed by atoms with Crippen LogP contribution in [0.3, 0.4) is 0 Å². The van der Waals surface area contributed by atoms with Crippen molar-refractivity contribution in [3.63, 3.8) is 0 Å². The van der Waals surface area contributed by atoms with Crippen LogP contribution in [0.2, 0.25) is 5.02 Å². The van der Waals surface area contributed by atoms with Gasteiger partial charge in [0.05, 0.1) is 21.9 Å². The quantitative estimate of drug-likeness (QED) is 0.365. The van der Waals surface area contributed by atoms with Crippen LogP contribution in [-0.4, -0.2) is 36.2 Å². The summed E-state index contributed by atoms with van der Waals surface area (Å²) in [4.78, 5) is 24.8. The molecule has 0 bridgehead atoms. The molecule has 0 saturated heterocycles. The average Bonchev–Trinajstić information content (AvgIpc) is 3.08. The summed E-state index contributed by atoms with van der Waals surface area (Å²) in [6, 6.07) is 8.13. The fraction of sp³-hybridized carbons (Fsp3) is 0.167. The molecule has 1 N–H and O–H groups in total. The number of amides is 1. The zero-order valence-electron chi connectivity index (χ0n) is 15.2. The topological polar surface area (TPSA) is 85.1 Å². The van der Waals surface area contributed by atoms with E-state index in [1.807, 2.05) is 24.3 Å². The number of hydrogen-bond acceptors (Lipinski definition) is 6. The number of aromatic nitrogens is 5. The largest absolute Gasteiger partial charge is 0.417 e. The van der Waals surface area contributed by atoms with Crippen LogP contribution in [0, 0.1) is 6.92 Å². The molecular weight excluding hydrogens is 441 g/mol. The van der Waals surface area contributed by atoms with E-state index >= 15 is 0 Å². The summed E-state index contributed by atoms with van der Waals surface area (Å²) in [5.74, 6) is -0.184. The Morgan fingerprint density at radius 2 is 2.03 bits per heavy atom. The highest BCUT2D eigenvalue weighted by Crippen LogP contribution is 2.32. The summed E-state index contributed by atoms with van der Waals surface area (Å²) < 4.78 is 39.7. The van der Waals surface area contributed by atoms with E-state index < -0.39 is 17.6 Å². The predicted octanol–water partition coefficient (Wildman–Crippen LogP) is 4.38. The Morgan fingerprint density at radius 3 is 2.77 bits per heavy atom. The van der Waals surface area contributed by atoms with E-state index in [0.717, 1.165) is 17.1 Å². The molecule has 7 nitrogen and oxygen atoms in total. The normalized spacial score (nSPS) is 11.9. The predicted molar refractivity (Wildman–Crippen MR) is 107 cm³/mol. The first kappa shape index (κ1) is 20.4. The number of aryl methyl sites for hydroxylation is 1. The van der Waals surface area contributed by atoms with Gasteiger partial charge in [-0.15, -0.1) is 5.10 Å². The highest BCUT2D eigenvalue weighted by atomic mass is 35.5. The van der Waals surface area contributed by atoms with Crippen LogP contribution in [0.1, 0.15) is 11.4 Å². The van der Waals surface area contributed by atoms with E-state index in [0.29, 0.717) is 34.4 Å². The van der Waals surface area contributed by atoms with Crippen LogP contribution in [0.15, 0.2) is 41.7 Å². The minimum absolute atomic E-state index is 0.0849. The SMILES string of the molecule is Cc1nc2c3ccccc3nc(SCC(=O)Nc3ncc(C(F)(F)F)cc3Cl)n2n1. The maximum absolute atomic E-state index is 12.7. The van der Waals surface area contributed by atoms with Gasteiger partial charge >= 0.3 is 6.18 Å². The number of hydrogen-bond donors (Lipinski definition) is 1. The summed E-state index contributed by atoms with van der Waals surface area (Å²) in [6.45, 7) is 1.75. The van der Waals surface area contributed by atoms with Crippen LogP contribution in [0.25, 0.3) is 16.6 Å². The highest BCUT2D eigenvalue weighted by Gasteiger charge is 2.31. The van der Waals surface area contributed by atoms with Crippen molar-refractivity contribution in [2.45, 2.75) is 18.3 Å². The van der Waals surface area contributed by atoms with Gasteiger partial charge in [-0.05, 0) is 25.1 Å². The molecule has 0 aliphatic carbocycles. The number of carbonyl (C=O) groups excluding carboxylic acids is 1. The van der Waals surface area contributed by atoms with Crippen molar-refractivity contribution in [1.82, 2.24) is 24.6 Å². The Bertz CT molecular complexity index is 1280. The third-order valence-corrected chi connectivity index (χ3v) is 5.23. The smallest absolute Gasteiger partial charge is 0.309 e. The van der Waals surface area contributed by atoms with Crippen LogP contribution in [0.5, 0.6) is 0 Å². The van der Waals surface area contributed by atoms with E-state index in [9.17, 15) is 18.0 Å². The molecule has 30 heavy (non-hydrogen) atoms. The summed E-state index contributed by atoms with van der Waals surface area (Å²) in [7, 11) is 0. The molecule has 0 fully saturated rings. The lowest BCUT2D eigenvalue weighted by Crippen LogP contribution is -2.16. The van der Waals surface area contributed by atoms with E-state index in [2.05, 4.69) is 25.4 Å². The third kappa shape index (κ3) is 4.03. The monoisotopic (exact) mass is 452 g/mol. The van der Waals surface area contributed by atoms with Gasteiger partial charge in [0, 0.05) is 11.6 Å². The van der Waals surface area contributed by atoms with E-state index in [-0.39, 0.29) is 16.6 Å². The molecule has 0 unspecified atom stereocenters. The van der Waals surface area contributed by atoms with Crippen molar-refractivity contribution in [3.8, 4) is 0 Å². The second kappa shape index (κ2) is 7.73. The van der Waals surface area contributed by atoms with Crippen molar-refractivity contribution in [3.05, 3.63) is 52.9 Å². The summed E-state index contributed by atoms with van der Waals surface area (Å²) in [5, 5.41) is 7.70. The fourth-order valence-corrected chi connectivity index (χ4v) is 3.67. The number of benzene rings is 1. The molecule has 0 saturated carbocycles. The van der Waals surface area contributed by atoms with Crippen LogP contribution in [0.4, 0.5) is 19.0 Å². The van der Waals surface area contributed by atoms with E-state index in [1.165, 1.54) is 0 Å². The van der Waals surface area contributed by atoms with Gasteiger partial charge in [0.2, 0.25) is 5.91 Å². The molecule has 3 heterocycles. The Balaban J connectivity index is 1.53. The number of halogens is 4. The molecule has 3 aromatic heterocycles. The fourth-order valence-electron chi connectivity index (χ4n) is 2.71. The molecule has 12 heteroatoms. The molecule has 0 radical (unpaired) electrons. The highest BCUT2D eigenvalue weighted by molar-refractivity contribution is 7.99. The number of rotatable bonds is 4. The summed E-state index contributed by atoms with van der Waals surface area (Å²) in [6.07, 6.45) is -3.96. The van der Waals surface area contributed by atoms with Gasteiger partial charge in [-0.1, -0.05) is 35.5 Å². The molecular formula is C18H12ClF3N6OS. The lowest BCUT2D eigenvalue weighted by Gasteiger charge is -2.10. The molecule has 4 aromatic rings. The zero-order valence-corrected chi connectivity index (χ0v) is 16.8. The van der Waals surface area contributed by atoms with Gasteiger partial charge in [0.1, 0.15) is 5.82 Å². The lowest BCUT2D eigenvalue weighted by molar-refractivity contribution is -0.137. The van der Waals surface area contributed by atoms with Crippen molar-refractivity contribution < 1.29 is 18.0 Å². The second-order valence-corrected chi connectivity index (χ2v) is 7.54. The zero-order chi connectivity index (χ0) is 21.5. The molecule has 0 aliphatic rings. The van der Waals surface area contributed by atoms with Crippen molar-refractivity contribution in [2.24, 2.45) is 0 Å². The first-order valence-corrected chi connectivity index (χ1v) is 9.86. The molecule has 4 rings (SSSR count). The molecule has 1 amide bonds. The second-order valence-electron chi connectivity index (χ2n) is 6.19. The average molecular weight is 453 g/mol. The minimum atomic E-state index is -4.57. The van der Waals surface area contributed by atoms with E-state index in [4.69, 9.17) is 11.6 Å². The number of pyridine rings is 1. The minimum Gasteiger partial charge on any atom is -0.309 e. The first-order valence-electron chi connectivity index (χ1n) is 8.50. The van der Waals surface area contributed by atoms with Gasteiger partial charge in [0.25, 0.3) is 0 Å². The molecule has 0 atom stereocenters. The standard InChI is InChI=1S/C18H12ClF3N6OS/c1-9-24-16-11-4-2-3-5-13(11)25-17(28(16)27-9)30-8-14(29)26-15-12(19)6-10(7-23-15)18(20,21)22/h2-7H,8H2,1H3,(H,23,26,29). The van der Waals surface area contributed by atoms with E-state index in [1.54, 1.807) is 11.4 Å². The summed E-state index contributed by atoms with van der Waals surface area (Å²) >= 11 is 6.93. The van der Waals surface area contributed by atoms with Gasteiger partial charge in [-0.3, -0.25) is 4.79 Å². The number of nitrogens with zero attached hydrogens (tertiary/aromatic N) is 5. The lowest BCUT2D eigenvalue weighted by atomic mass is 10.2. The molecule has 0 aliphatic heterocycles. The number of nitrogens with one attached hydrogen (secondary N) is 1. The molecule has 154 valence electrons. The number of alkyl halides is 3. The number of thioether (sulfide) groups is 1. The van der Waals surface area contributed by atoms with Crippen molar-refractivity contribution in [2.75, 3.05) is 11.1 Å². The Morgan fingerprint density at radius 1 is 1.27 bits per heavy atom. The number of fused-ring (bicyclic) bond motifs is 3. The number of para-hydroxylation sites is 1. The van der Waals surface area contributed by atoms with Gasteiger partial charge in [-0.25, -0.2) is 15.0 Å². The first-order chi connectivity index (χ1) is 14.2. The number of anilines is 1. The Kier molecular flexibility index (Phi) is 5.24. The maximum atomic E-state index is 12.7. The third-order valence-electron chi connectivity index (χ3n) is 4.01.